The van der Waals surface area contributed by atoms with Crippen LogP contribution in [-0.2, 0) is 6.42 Å². The maximum absolute atomic E-state index is 5.66. The van der Waals surface area contributed by atoms with Gasteiger partial charge in [-0.3, -0.25) is 10.9 Å². The quantitative estimate of drug-likeness (QED) is 0.576. The predicted molar refractivity (Wildman–Crippen MR) is 73.2 cm³/mol. The third-order valence-corrected chi connectivity index (χ3v) is 3.98. The molecule has 5 heteroatoms. The molecule has 1 aliphatic carbocycles. The lowest BCUT2D eigenvalue weighted by Crippen LogP contribution is -2.30. The molecule has 4 N–H and O–H groups in total. The van der Waals surface area contributed by atoms with Crippen LogP contribution in [0.15, 0.2) is 30.6 Å². The van der Waals surface area contributed by atoms with Crippen LogP contribution in [-0.4, -0.2) is 15.2 Å². The van der Waals surface area contributed by atoms with Crippen LogP contribution in [0.4, 0.5) is 0 Å². The lowest BCUT2D eigenvalue weighted by atomic mass is 9.79. The summed E-state index contributed by atoms with van der Waals surface area (Å²) < 4.78 is 0. The third-order valence-electron chi connectivity index (χ3n) is 3.98. The lowest BCUT2D eigenvalue weighted by molar-refractivity contribution is 0.413. The van der Waals surface area contributed by atoms with E-state index in [0.29, 0.717) is 5.92 Å². The summed E-state index contributed by atoms with van der Waals surface area (Å²) in [7, 11) is 0. The Kier molecular flexibility index (Phi) is 3.57. The molecule has 2 unspecified atom stereocenters. The van der Waals surface area contributed by atoms with Gasteiger partial charge in [0.05, 0.1) is 6.04 Å². The highest BCUT2D eigenvalue weighted by atomic mass is 15.3. The molecule has 100 valence electrons. The summed E-state index contributed by atoms with van der Waals surface area (Å²) in [6.07, 6.45) is 6.12. The van der Waals surface area contributed by atoms with Crippen molar-refractivity contribution in [1.82, 2.24) is 20.6 Å². The number of aryl methyl sites for hydroxylation is 1. The molecule has 0 saturated heterocycles. The molecule has 0 radical (unpaired) electrons. The van der Waals surface area contributed by atoms with Gasteiger partial charge >= 0.3 is 0 Å². The average Bonchev–Trinajstić information content (AvgIpc) is 2.99. The topological polar surface area (TPSA) is 79.6 Å². The van der Waals surface area contributed by atoms with Gasteiger partial charge in [-0.15, -0.1) is 0 Å². The van der Waals surface area contributed by atoms with Crippen LogP contribution < -0.4 is 11.3 Å². The molecule has 0 aliphatic heterocycles. The Morgan fingerprint density at radius 1 is 1.42 bits per heavy atom. The second kappa shape index (κ2) is 5.50. The van der Waals surface area contributed by atoms with Gasteiger partial charge < -0.3 is 0 Å². The molecule has 2 atom stereocenters. The van der Waals surface area contributed by atoms with Crippen molar-refractivity contribution in [2.75, 3.05) is 0 Å². The number of nitrogens with zero attached hydrogens (tertiary/aromatic N) is 2. The molecule has 2 aromatic rings. The van der Waals surface area contributed by atoms with Gasteiger partial charge in [-0.1, -0.05) is 24.3 Å². The van der Waals surface area contributed by atoms with Crippen LogP contribution in [0, 0.1) is 0 Å². The molecule has 1 aromatic heterocycles. The smallest absolute Gasteiger partial charge is 0.142 e. The van der Waals surface area contributed by atoms with Gasteiger partial charge in [0.1, 0.15) is 12.2 Å². The summed E-state index contributed by atoms with van der Waals surface area (Å²) in [4.78, 5) is 4.20. The summed E-state index contributed by atoms with van der Waals surface area (Å²) in [5, 5.41) is 6.79. The van der Waals surface area contributed by atoms with E-state index in [4.69, 9.17) is 5.84 Å². The van der Waals surface area contributed by atoms with Gasteiger partial charge in [-0.25, -0.2) is 10.4 Å². The number of rotatable bonds is 4. The number of hydrazine groups is 1. The normalized spacial score (nSPS) is 19.9. The van der Waals surface area contributed by atoms with Crippen molar-refractivity contribution in [1.29, 1.82) is 0 Å². The Hall–Kier alpha value is -1.72. The highest BCUT2D eigenvalue weighted by molar-refractivity contribution is 5.32. The number of aromatic nitrogens is 3. The summed E-state index contributed by atoms with van der Waals surface area (Å²) in [5.41, 5.74) is 5.79. The van der Waals surface area contributed by atoms with E-state index in [1.807, 2.05) is 0 Å². The zero-order valence-corrected chi connectivity index (χ0v) is 10.8. The minimum Gasteiger partial charge on any atom is -0.271 e. The number of hydrogen-bond donors (Lipinski definition) is 3. The molecule has 0 saturated carbocycles. The van der Waals surface area contributed by atoms with Crippen LogP contribution >= 0.6 is 0 Å². The van der Waals surface area contributed by atoms with E-state index < -0.39 is 0 Å². The Bertz CT molecular complexity index is 522. The SMILES string of the molecule is NNC(CC1CCCc2ccccc21)c1ncn[nH]1. The molecule has 0 fully saturated rings. The third kappa shape index (κ3) is 2.52. The van der Waals surface area contributed by atoms with Gasteiger partial charge in [0.2, 0.25) is 0 Å². The first kappa shape index (κ1) is 12.3. The first-order valence-corrected chi connectivity index (χ1v) is 6.77. The van der Waals surface area contributed by atoms with E-state index in [0.717, 1.165) is 12.2 Å². The maximum Gasteiger partial charge on any atom is 0.142 e. The van der Waals surface area contributed by atoms with Crippen molar-refractivity contribution in [3.63, 3.8) is 0 Å². The molecule has 1 aromatic carbocycles. The van der Waals surface area contributed by atoms with Crippen LogP contribution in [0.25, 0.3) is 0 Å². The van der Waals surface area contributed by atoms with E-state index in [1.54, 1.807) is 0 Å². The number of benzene rings is 1. The van der Waals surface area contributed by atoms with Crippen molar-refractivity contribution >= 4 is 0 Å². The molecule has 3 rings (SSSR count). The fraction of sp³-hybridized carbons (Fsp3) is 0.429. The second-order valence-corrected chi connectivity index (χ2v) is 5.11. The van der Waals surface area contributed by atoms with Crippen molar-refractivity contribution in [2.45, 2.75) is 37.6 Å². The van der Waals surface area contributed by atoms with Crippen molar-refractivity contribution in [2.24, 2.45) is 5.84 Å². The van der Waals surface area contributed by atoms with Gasteiger partial charge in [0.15, 0.2) is 0 Å². The van der Waals surface area contributed by atoms with Gasteiger partial charge in [0, 0.05) is 0 Å². The fourth-order valence-corrected chi connectivity index (χ4v) is 3.03. The Balaban J connectivity index is 1.80. The molecule has 1 heterocycles. The molecule has 19 heavy (non-hydrogen) atoms. The molecular weight excluding hydrogens is 238 g/mol. The largest absolute Gasteiger partial charge is 0.271 e. The maximum atomic E-state index is 5.66. The zero-order valence-electron chi connectivity index (χ0n) is 10.8. The predicted octanol–water partition coefficient (Wildman–Crippen LogP) is 1.82. The standard InChI is InChI=1S/C14H19N5/c15-18-13(14-16-9-17-19-14)8-11-6-3-5-10-4-1-2-7-12(10)11/h1-2,4,7,9,11,13,18H,3,5-6,8,15H2,(H,16,17,19). The number of fused-ring (bicyclic) bond motifs is 1. The van der Waals surface area contributed by atoms with Crippen LogP contribution in [0.1, 0.15) is 48.2 Å². The summed E-state index contributed by atoms with van der Waals surface area (Å²) in [6, 6.07) is 8.75. The molecular formula is C14H19N5. The van der Waals surface area contributed by atoms with Crippen molar-refractivity contribution in [3.8, 4) is 0 Å². The van der Waals surface area contributed by atoms with Gasteiger partial charge in [-0.05, 0) is 42.7 Å². The molecule has 1 aliphatic rings. The van der Waals surface area contributed by atoms with Crippen molar-refractivity contribution in [3.05, 3.63) is 47.5 Å². The minimum absolute atomic E-state index is 0.0265. The van der Waals surface area contributed by atoms with E-state index in [-0.39, 0.29) is 6.04 Å². The summed E-state index contributed by atoms with van der Waals surface area (Å²) in [5.74, 6) is 7.01. The first-order chi connectivity index (χ1) is 9.38. The Labute approximate surface area is 112 Å². The molecule has 0 spiro atoms. The van der Waals surface area contributed by atoms with Gasteiger partial charge in [0.25, 0.3) is 0 Å². The second-order valence-electron chi connectivity index (χ2n) is 5.11. The van der Waals surface area contributed by atoms with Gasteiger partial charge in [-0.2, -0.15) is 5.10 Å². The van der Waals surface area contributed by atoms with Crippen molar-refractivity contribution < 1.29 is 0 Å². The highest BCUT2D eigenvalue weighted by Crippen LogP contribution is 2.36. The number of nitrogens with two attached hydrogens (primary N) is 1. The van der Waals surface area contributed by atoms with Crippen LogP contribution in [0.2, 0.25) is 0 Å². The average molecular weight is 257 g/mol. The van der Waals surface area contributed by atoms with E-state index in [2.05, 4.69) is 44.9 Å². The molecule has 0 bridgehead atoms. The number of hydrogen-bond acceptors (Lipinski definition) is 4. The Morgan fingerprint density at radius 2 is 2.32 bits per heavy atom. The zero-order chi connectivity index (χ0) is 13.1. The lowest BCUT2D eigenvalue weighted by Gasteiger charge is -2.28. The molecule has 5 nitrogen and oxygen atoms in total. The number of nitrogens with one attached hydrogen (secondary N) is 2. The Morgan fingerprint density at radius 3 is 3.11 bits per heavy atom. The molecule has 0 amide bonds. The first-order valence-electron chi connectivity index (χ1n) is 6.77. The van der Waals surface area contributed by atoms with E-state index in [1.165, 1.54) is 36.7 Å². The highest BCUT2D eigenvalue weighted by Gasteiger charge is 2.24. The number of aromatic amines is 1. The summed E-state index contributed by atoms with van der Waals surface area (Å²) >= 11 is 0. The van der Waals surface area contributed by atoms with Crippen LogP contribution in [0.3, 0.4) is 0 Å². The minimum atomic E-state index is 0.0265. The van der Waals surface area contributed by atoms with E-state index in [9.17, 15) is 0 Å². The van der Waals surface area contributed by atoms with E-state index >= 15 is 0 Å². The number of H-pyrrole nitrogens is 1. The van der Waals surface area contributed by atoms with Crippen LogP contribution in [0.5, 0.6) is 0 Å². The fourth-order valence-electron chi connectivity index (χ4n) is 3.03. The monoisotopic (exact) mass is 257 g/mol. The summed E-state index contributed by atoms with van der Waals surface area (Å²) in [6.45, 7) is 0.